The van der Waals surface area contributed by atoms with Gasteiger partial charge in [-0.05, 0) is 36.2 Å². The number of nitrogens with one attached hydrogen (secondary N) is 1. The summed E-state index contributed by atoms with van der Waals surface area (Å²) in [6, 6.07) is 11.5. The molecule has 1 atom stereocenters. The highest BCUT2D eigenvalue weighted by Crippen LogP contribution is 2.28. The van der Waals surface area contributed by atoms with Crippen molar-refractivity contribution in [3.63, 3.8) is 0 Å². The number of rotatable bonds is 2. The maximum absolute atomic E-state index is 13.0. The predicted octanol–water partition coefficient (Wildman–Crippen LogP) is 3.67. The van der Waals surface area contributed by atoms with Crippen molar-refractivity contribution >= 4 is 23.2 Å². The first-order valence-electron chi connectivity index (χ1n) is 6.60. The first kappa shape index (κ1) is 13.9. The molecule has 0 fully saturated rings. The van der Waals surface area contributed by atoms with Crippen LogP contribution in [0.25, 0.3) is 0 Å². The van der Waals surface area contributed by atoms with Crippen LogP contribution in [0.3, 0.4) is 0 Å². The van der Waals surface area contributed by atoms with Gasteiger partial charge in [-0.2, -0.15) is 0 Å². The average molecular weight is 306 g/mol. The summed E-state index contributed by atoms with van der Waals surface area (Å²) in [5.74, 6) is -0.0895. The first-order chi connectivity index (χ1) is 10.1. The van der Waals surface area contributed by atoms with Crippen molar-refractivity contribution in [2.45, 2.75) is 6.42 Å². The van der Waals surface area contributed by atoms with E-state index in [1.54, 1.807) is 0 Å². The van der Waals surface area contributed by atoms with Gasteiger partial charge in [0.05, 0.1) is 16.6 Å². The summed E-state index contributed by atoms with van der Waals surface area (Å²) in [5.41, 5.74) is 1.41. The Hall–Kier alpha value is -2.07. The topological polar surface area (TPSA) is 38.3 Å². The van der Waals surface area contributed by atoms with Crippen LogP contribution < -0.4 is 10.1 Å². The van der Waals surface area contributed by atoms with Crippen LogP contribution in [0.4, 0.5) is 10.1 Å². The van der Waals surface area contributed by atoms with Crippen molar-refractivity contribution in [3.05, 3.63) is 58.9 Å². The SMILES string of the molecule is O=C(Nc1ccc(F)cc1Cl)[C@H]1COc2ccccc2C1. The molecule has 0 aromatic heterocycles. The van der Waals surface area contributed by atoms with Gasteiger partial charge >= 0.3 is 0 Å². The summed E-state index contributed by atoms with van der Waals surface area (Å²) in [5, 5.41) is 2.90. The average Bonchev–Trinajstić information content (AvgIpc) is 2.49. The highest BCUT2D eigenvalue weighted by molar-refractivity contribution is 6.33. The molecule has 1 amide bonds. The summed E-state index contributed by atoms with van der Waals surface area (Å²) in [6.45, 7) is 0.321. The molecule has 108 valence electrons. The lowest BCUT2D eigenvalue weighted by molar-refractivity contribution is -0.121. The lowest BCUT2D eigenvalue weighted by Gasteiger charge is -2.24. The van der Waals surface area contributed by atoms with E-state index in [9.17, 15) is 9.18 Å². The highest BCUT2D eigenvalue weighted by Gasteiger charge is 2.26. The minimum absolute atomic E-state index is 0.181. The molecule has 2 aromatic rings. The van der Waals surface area contributed by atoms with Crippen molar-refractivity contribution in [3.8, 4) is 5.75 Å². The molecule has 0 radical (unpaired) electrons. The Labute approximate surface area is 126 Å². The van der Waals surface area contributed by atoms with E-state index in [0.29, 0.717) is 18.7 Å². The van der Waals surface area contributed by atoms with Crippen molar-refractivity contribution in [1.29, 1.82) is 0 Å². The Morgan fingerprint density at radius 2 is 2.10 bits per heavy atom. The fourth-order valence-electron chi connectivity index (χ4n) is 2.32. The van der Waals surface area contributed by atoms with E-state index in [1.165, 1.54) is 18.2 Å². The van der Waals surface area contributed by atoms with E-state index < -0.39 is 5.82 Å². The second-order valence-corrected chi connectivity index (χ2v) is 5.34. The van der Waals surface area contributed by atoms with Gasteiger partial charge in [-0.25, -0.2) is 4.39 Å². The normalized spacial score (nSPS) is 16.8. The number of carbonyl (C=O) groups excluding carboxylic acids is 1. The van der Waals surface area contributed by atoms with Gasteiger partial charge in [0.25, 0.3) is 0 Å². The zero-order valence-corrected chi connectivity index (χ0v) is 11.9. The first-order valence-corrected chi connectivity index (χ1v) is 6.98. The number of carbonyl (C=O) groups is 1. The molecule has 0 spiro atoms. The maximum Gasteiger partial charge on any atom is 0.231 e. The van der Waals surface area contributed by atoms with E-state index in [2.05, 4.69) is 5.32 Å². The van der Waals surface area contributed by atoms with E-state index >= 15 is 0 Å². The summed E-state index contributed by atoms with van der Waals surface area (Å²) in [7, 11) is 0. The fraction of sp³-hybridized carbons (Fsp3) is 0.188. The van der Waals surface area contributed by atoms with Crippen LogP contribution in [0.2, 0.25) is 5.02 Å². The molecular formula is C16H13ClFNO2. The third-order valence-electron chi connectivity index (χ3n) is 3.44. The molecule has 0 bridgehead atoms. The van der Waals surface area contributed by atoms with Crippen LogP contribution in [0.5, 0.6) is 5.75 Å². The fourth-order valence-corrected chi connectivity index (χ4v) is 2.54. The zero-order valence-electron chi connectivity index (χ0n) is 11.1. The minimum Gasteiger partial charge on any atom is -0.492 e. The number of hydrogen-bond acceptors (Lipinski definition) is 2. The molecule has 2 aromatic carbocycles. The van der Waals surface area contributed by atoms with Crippen LogP contribution in [0, 0.1) is 11.7 Å². The third-order valence-corrected chi connectivity index (χ3v) is 3.75. The molecule has 1 N–H and O–H groups in total. The van der Waals surface area contributed by atoms with Crippen molar-refractivity contribution in [2.24, 2.45) is 5.92 Å². The Morgan fingerprint density at radius 3 is 2.90 bits per heavy atom. The summed E-state index contributed by atoms with van der Waals surface area (Å²) in [6.07, 6.45) is 0.612. The molecule has 0 saturated carbocycles. The van der Waals surface area contributed by atoms with Gasteiger partial charge in [0, 0.05) is 0 Å². The Morgan fingerprint density at radius 1 is 1.29 bits per heavy atom. The molecule has 0 unspecified atom stereocenters. The lowest BCUT2D eigenvalue weighted by Crippen LogP contribution is -2.32. The summed E-state index contributed by atoms with van der Waals surface area (Å²) >= 11 is 5.91. The molecule has 0 aliphatic carbocycles. The molecule has 5 heteroatoms. The van der Waals surface area contributed by atoms with E-state index in [0.717, 1.165) is 11.3 Å². The third kappa shape index (κ3) is 3.00. The van der Waals surface area contributed by atoms with Crippen LogP contribution in [0.1, 0.15) is 5.56 Å². The van der Waals surface area contributed by atoms with Crippen LogP contribution >= 0.6 is 11.6 Å². The van der Waals surface area contributed by atoms with Crippen LogP contribution in [0.15, 0.2) is 42.5 Å². The van der Waals surface area contributed by atoms with Gasteiger partial charge in [0.1, 0.15) is 18.2 Å². The summed E-state index contributed by atoms with van der Waals surface area (Å²) in [4.78, 5) is 12.3. The van der Waals surface area contributed by atoms with Gasteiger partial charge in [-0.15, -0.1) is 0 Å². The van der Waals surface area contributed by atoms with Crippen molar-refractivity contribution in [2.75, 3.05) is 11.9 Å². The number of anilines is 1. The van der Waals surface area contributed by atoms with Gasteiger partial charge in [-0.3, -0.25) is 4.79 Å². The molecule has 1 aliphatic heterocycles. The minimum atomic E-state index is -0.437. The van der Waals surface area contributed by atoms with E-state index in [-0.39, 0.29) is 16.8 Å². The largest absolute Gasteiger partial charge is 0.492 e. The molecule has 21 heavy (non-hydrogen) atoms. The van der Waals surface area contributed by atoms with Gasteiger partial charge in [0.15, 0.2) is 0 Å². The van der Waals surface area contributed by atoms with Gasteiger partial charge < -0.3 is 10.1 Å². The predicted molar refractivity (Wildman–Crippen MR) is 79.2 cm³/mol. The molecule has 3 rings (SSSR count). The Bertz CT molecular complexity index is 690. The number of halogens is 2. The lowest BCUT2D eigenvalue weighted by atomic mass is 9.96. The molecule has 1 heterocycles. The van der Waals surface area contributed by atoms with Crippen molar-refractivity contribution in [1.82, 2.24) is 0 Å². The standard InChI is InChI=1S/C16H13ClFNO2/c17-13-8-12(18)5-6-14(13)19-16(20)11-7-10-3-1-2-4-15(10)21-9-11/h1-6,8,11H,7,9H2,(H,19,20)/t11-/m1/s1. The van der Waals surface area contributed by atoms with Crippen molar-refractivity contribution < 1.29 is 13.9 Å². The second-order valence-electron chi connectivity index (χ2n) is 4.93. The molecule has 1 aliphatic rings. The van der Waals surface area contributed by atoms with E-state index in [4.69, 9.17) is 16.3 Å². The molecule has 0 saturated heterocycles. The monoisotopic (exact) mass is 305 g/mol. The number of hydrogen-bond donors (Lipinski definition) is 1. The van der Waals surface area contributed by atoms with Crippen LogP contribution in [-0.4, -0.2) is 12.5 Å². The Kier molecular flexibility index (Phi) is 3.80. The van der Waals surface area contributed by atoms with E-state index in [1.807, 2.05) is 24.3 Å². The van der Waals surface area contributed by atoms with Gasteiger partial charge in [-0.1, -0.05) is 29.8 Å². The van der Waals surface area contributed by atoms with Crippen LogP contribution in [-0.2, 0) is 11.2 Å². The summed E-state index contributed by atoms with van der Waals surface area (Å²) < 4.78 is 18.6. The molecular weight excluding hydrogens is 293 g/mol. The molecule has 3 nitrogen and oxygen atoms in total. The zero-order chi connectivity index (χ0) is 14.8. The van der Waals surface area contributed by atoms with Gasteiger partial charge in [0.2, 0.25) is 5.91 Å². The number of benzene rings is 2. The number of ether oxygens (including phenoxy) is 1. The quantitative estimate of drug-likeness (QED) is 0.919. The smallest absolute Gasteiger partial charge is 0.231 e. The number of amides is 1. The maximum atomic E-state index is 13.0. The second kappa shape index (κ2) is 5.74. The number of para-hydroxylation sites is 1. The Balaban J connectivity index is 1.72. The number of fused-ring (bicyclic) bond motifs is 1. The highest BCUT2D eigenvalue weighted by atomic mass is 35.5.